The summed E-state index contributed by atoms with van der Waals surface area (Å²) in [7, 11) is 1.88. The van der Waals surface area contributed by atoms with Gasteiger partial charge in [0.05, 0.1) is 12.1 Å². The lowest BCUT2D eigenvalue weighted by Gasteiger charge is -2.10. The molecule has 1 aromatic carbocycles. The van der Waals surface area contributed by atoms with Crippen LogP contribution in [0.5, 0.6) is 0 Å². The van der Waals surface area contributed by atoms with Gasteiger partial charge in [-0.15, -0.1) is 36.2 Å². The van der Waals surface area contributed by atoms with Crippen LogP contribution in [0.15, 0.2) is 35.7 Å². The molecule has 0 aliphatic heterocycles. The third kappa shape index (κ3) is 6.32. The fraction of sp³-hybridized carbons (Fsp3) is 0.333. The third-order valence-electron chi connectivity index (χ3n) is 3.01. The van der Waals surface area contributed by atoms with Crippen LogP contribution in [-0.4, -0.2) is 30.5 Å². The number of hydrogen-bond donors (Lipinski definition) is 2. The van der Waals surface area contributed by atoms with Crippen LogP contribution in [0.3, 0.4) is 0 Å². The van der Waals surface area contributed by atoms with Gasteiger partial charge in [0.1, 0.15) is 5.01 Å². The van der Waals surface area contributed by atoms with Crippen molar-refractivity contribution in [2.75, 3.05) is 13.6 Å². The van der Waals surface area contributed by atoms with Gasteiger partial charge in [0.15, 0.2) is 0 Å². The van der Waals surface area contributed by atoms with Crippen molar-refractivity contribution in [1.29, 1.82) is 0 Å². The van der Waals surface area contributed by atoms with Gasteiger partial charge in [-0.1, -0.05) is 30.3 Å². The number of rotatable bonds is 6. The summed E-state index contributed by atoms with van der Waals surface area (Å²) in [5.41, 5.74) is 1.91. The highest BCUT2D eigenvalue weighted by Crippen LogP contribution is 2.23. The Morgan fingerprint density at radius 2 is 1.95 bits per heavy atom. The summed E-state index contributed by atoms with van der Waals surface area (Å²) in [5.74, 6) is 0.0111. The van der Waals surface area contributed by atoms with Crippen LogP contribution >= 0.6 is 36.2 Å². The minimum Gasteiger partial charge on any atom is -0.354 e. The normalized spacial score (nSPS) is 11.0. The molecule has 1 heterocycles. The van der Waals surface area contributed by atoms with E-state index in [0.29, 0.717) is 13.0 Å². The number of aromatic nitrogens is 1. The van der Waals surface area contributed by atoms with Crippen molar-refractivity contribution in [2.24, 2.45) is 0 Å². The average Bonchev–Trinajstić information content (AvgIpc) is 2.94. The van der Waals surface area contributed by atoms with Crippen LogP contribution < -0.4 is 10.6 Å². The van der Waals surface area contributed by atoms with Crippen molar-refractivity contribution < 1.29 is 4.79 Å². The summed E-state index contributed by atoms with van der Waals surface area (Å²) in [4.78, 5) is 16.3. The Hall–Kier alpha value is -1.14. The number of nitrogens with zero attached hydrogens (tertiary/aromatic N) is 1. The lowest BCUT2D eigenvalue weighted by molar-refractivity contribution is -0.120. The Kier molecular flexibility index (Phi) is 10.0. The van der Waals surface area contributed by atoms with E-state index in [1.807, 2.05) is 49.7 Å². The van der Waals surface area contributed by atoms with Gasteiger partial charge >= 0.3 is 0 Å². The monoisotopic (exact) mass is 361 g/mol. The first-order valence-corrected chi connectivity index (χ1v) is 7.51. The Bertz CT molecular complexity index is 563. The molecule has 0 saturated carbocycles. The summed E-state index contributed by atoms with van der Waals surface area (Å²) in [6.45, 7) is 2.65. The molecule has 2 aromatic rings. The van der Waals surface area contributed by atoms with Gasteiger partial charge in [-0.2, -0.15) is 0 Å². The Morgan fingerprint density at radius 3 is 2.59 bits per heavy atom. The maximum atomic E-state index is 11.8. The van der Waals surface area contributed by atoms with Crippen molar-refractivity contribution in [3.63, 3.8) is 0 Å². The Balaban J connectivity index is 0.00000220. The summed E-state index contributed by atoms with van der Waals surface area (Å²) in [6.07, 6.45) is 0.333. The molecule has 7 heteroatoms. The van der Waals surface area contributed by atoms with E-state index in [1.54, 1.807) is 11.3 Å². The van der Waals surface area contributed by atoms with Gasteiger partial charge < -0.3 is 10.6 Å². The van der Waals surface area contributed by atoms with E-state index in [4.69, 9.17) is 0 Å². The zero-order valence-corrected chi connectivity index (χ0v) is 15.0. The fourth-order valence-corrected chi connectivity index (χ4v) is 2.52. The van der Waals surface area contributed by atoms with Crippen molar-refractivity contribution in [3.05, 3.63) is 41.4 Å². The molecule has 0 aliphatic rings. The van der Waals surface area contributed by atoms with E-state index in [9.17, 15) is 4.79 Å². The zero-order valence-electron chi connectivity index (χ0n) is 12.5. The Morgan fingerprint density at radius 1 is 1.27 bits per heavy atom. The molecule has 0 saturated heterocycles. The fourth-order valence-electron chi connectivity index (χ4n) is 1.70. The van der Waals surface area contributed by atoms with Crippen LogP contribution in [0.4, 0.5) is 0 Å². The molecule has 1 atom stereocenters. The minimum atomic E-state index is 0. The van der Waals surface area contributed by atoms with E-state index >= 15 is 0 Å². The highest BCUT2D eigenvalue weighted by atomic mass is 35.5. The molecule has 0 bridgehead atoms. The summed E-state index contributed by atoms with van der Waals surface area (Å²) >= 11 is 1.57. The molecule has 1 aromatic heterocycles. The number of nitrogens with one attached hydrogen (secondary N) is 2. The Labute approximate surface area is 147 Å². The molecule has 2 N–H and O–H groups in total. The number of thiazole rings is 1. The predicted molar refractivity (Wildman–Crippen MR) is 97.3 cm³/mol. The standard InChI is InChI=1S/C15H19N3OS.2ClH/c1-11(16-2)9-17-14(19)8-13-10-20-15(18-13)12-6-4-3-5-7-12;;/h3-7,10-11,16H,8-9H2,1-2H3,(H,17,19);2*1H. The van der Waals surface area contributed by atoms with Crippen molar-refractivity contribution in [3.8, 4) is 10.6 Å². The van der Waals surface area contributed by atoms with Gasteiger partial charge in [0.2, 0.25) is 5.91 Å². The van der Waals surface area contributed by atoms with Crippen LogP contribution in [0, 0.1) is 0 Å². The number of carbonyl (C=O) groups is 1. The van der Waals surface area contributed by atoms with Crippen LogP contribution in [0.1, 0.15) is 12.6 Å². The van der Waals surface area contributed by atoms with E-state index in [-0.39, 0.29) is 36.8 Å². The quantitative estimate of drug-likeness (QED) is 0.831. The molecule has 2 rings (SSSR count). The summed E-state index contributed by atoms with van der Waals surface area (Å²) in [6, 6.07) is 10.3. The zero-order chi connectivity index (χ0) is 14.4. The predicted octanol–water partition coefficient (Wildman–Crippen LogP) is 2.92. The molecule has 1 unspecified atom stereocenters. The largest absolute Gasteiger partial charge is 0.354 e. The molecule has 22 heavy (non-hydrogen) atoms. The van der Waals surface area contributed by atoms with Crippen molar-refractivity contribution in [1.82, 2.24) is 15.6 Å². The number of halogens is 2. The first-order chi connectivity index (χ1) is 9.69. The first-order valence-electron chi connectivity index (χ1n) is 6.63. The van der Waals surface area contributed by atoms with Gasteiger partial charge in [0.25, 0.3) is 0 Å². The second-order valence-corrected chi connectivity index (χ2v) is 5.54. The molecule has 1 amide bonds. The van der Waals surface area contributed by atoms with Crippen molar-refractivity contribution >= 4 is 42.1 Å². The second-order valence-electron chi connectivity index (χ2n) is 4.68. The minimum absolute atomic E-state index is 0. The van der Waals surface area contributed by atoms with Crippen molar-refractivity contribution in [2.45, 2.75) is 19.4 Å². The summed E-state index contributed by atoms with van der Waals surface area (Å²) < 4.78 is 0. The number of benzene rings is 1. The van der Waals surface area contributed by atoms with Gasteiger partial charge in [-0.3, -0.25) is 4.79 Å². The SMILES string of the molecule is CNC(C)CNC(=O)Cc1csc(-c2ccccc2)n1.Cl.Cl. The van der Waals surface area contributed by atoms with E-state index in [2.05, 4.69) is 15.6 Å². The lowest BCUT2D eigenvalue weighted by Crippen LogP contribution is -2.37. The van der Waals surface area contributed by atoms with Crippen LogP contribution in [0.2, 0.25) is 0 Å². The molecule has 122 valence electrons. The maximum absolute atomic E-state index is 11.8. The van der Waals surface area contributed by atoms with Gasteiger partial charge in [0, 0.05) is 23.5 Å². The maximum Gasteiger partial charge on any atom is 0.226 e. The van der Waals surface area contributed by atoms with E-state index in [0.717, 1.165) is 16.3 Å². The van der Waals surface area contributed by atoms with Crippen LogP contribution in [0.25, 0.3) is 10.6 Å². The highest BCUT2D eigenvalue weighted by Gasteiger charge is 2.09. The first kappa shape index (κ1) is 20.9. The average molecular weight is 362 g/mol. The van der Waals surface area contributed by atoms with E-state index in [1.165, 1.54) is 0 Å². The van der Waals surface area contributed by atoms with E-state index < -0.39 is 0 Å². The molecular formula is C15H21Cl2N3OS. The van der Waals surface area contributed by atoms with Gasteiger partial charge in [-0.05, 0) is 14.0 Å². The van der Waals surface area contributed by atoms with Gasteiger partial charge in [-0.25, -0.2) is 4.98 Å². The lowest BCUT2D eigenvalue weighted by atomic mass is 10.2. The number of amides is 1. The number of hydrogen-bond acceptors (Lipinski definition) is 4. The molecule has 0 radical (unpaired) electrons. The summed E-state index contributed by atoms with van der Waals surface area (Å²) in [5, 5.41) is 8.88. The molecule has 4 nitrogen and oxygen atoms in total. The number of carbonyl (C=O) groups excluding carboxylic acids is 1. The van der Waals surface area contributed by atoms with Crippen LogP contribution in [-0.2, 0) is 11.2 Å². The highest BCUT2D eigenvalue weighted by molar-refractivity contribution is 7.13. The number of likely N-dealkylation sites (N-methyl/N-ethyl adjacent to an activating group) is 1. The third-order valence-corrected chi connectivity index (χ3v) is 3.95. The molecular weight excluding hydrogens is 341 g/mol. The molecule has 0 spiro atoms. The smallest absolute Gasteiger partial charge is 0.226 e. The second kappa shape index (κ2) is 10.6. The topological polar surface area (TPSA) is 54.0 Å². The molecule has 0 aliphatic carbocycles. The molecule has 0 fully saturated rings.